The lowest BCUT2D eigenvalue weighted by Gasteiger charge is -2.33. The Morgan fingerprint density at radius 3 is 1.02 bits per heavy atom. The molecule has 2 nitrogen and oxygen atoms in total. The molecule has 0 atom stereocenters. The lowest BCUT2D eigenvalue weighted by atomic mass is 10.0. The van der Waals surface area contributed by atoms with E-state index in [4.69, 9.17) is 9.47 Å². The van der Waals surface area contributed by atoms with Crippen LogP contribution < -0.4 is 40.6 Å². The molecular weight excluding hydrogens is 629 g/mol. The van der Waals surface area contributed by atoms with Crippen LogP contribution in [0, 0.1) is 27.7 Å². The van der Waals surface area contributed by atoms with Gasteiger partial charge >= 0.3 is 0 Å². The minimum Gasteiger partial charge on any atom is -0.497 e. The second-order valence-corrected chi connectivity index (χ2v) is 22.2. The highest BCUT2D eigenvalue weighted by molar-refractivity contribution is 7.11. The van der Waals surface area contributed by atoms with E-state index in [9.17, 15) is 0 Å². The Balaban J connectivity index is 1.48. The minimum atomic E-state index is -2.49. The van der Waals surface area contributed by atoms with Crippen molar-refractivity contribution in [2.45, 2.75) is 47.2 Å². The summed E-state index contributed by atoms with van der Waals surface area (Å²) in [6.45, 7) is 14.0. The van der Waals surface area contributed by atoms with E-state index in [-0.39, 0.29) is 0 Å². The predicted octanol–water partition coefficient (Wildman–Crippen LogP) is 6.71. The molecule has 0 heterocycles. The maximum Gasteiger partial charge on any atom is 0.145 e. The average Bonchev–Trinajstić information content (AvgIpc) is 3.48. The first-order valence-corrected chi connectivity index (χ1v) is 22.3. The highest BCUT2D eigenvalue weighted by atomic mass is 28.3. The summed E-state index contributed by atoms with van der Waals surface area (Å²) in [6.07, 6.45) is 0.936. The van der Waals surface area contributed by atoms with Crippen LogP contribution in [0.4, 0.5) is 0 Å². The van der Waals surface area contributed by atoms with Crippen molar-refractivity contribution in [2.75, 3.05) is 14.2 Å². The lowest BCUT2D eigenvalue weighted by Crippen LogP contribution is -2.66. The molecule has 0 aliphatic heterocycles. The van der Waals surface area contributed by atoms with Gasteiger partial charge in [-0.25, -0.2) is 0 Å². The number of hydrogen-bond acceptors (Lipinski definition) is 2. The Labute approximate surface area is 294 Å². The molecule has 0 fully saturated rings. The highest BCUT2D eigenvalue weighted by Crippen LogP contribution is 2.38. The van der Waals surface area contributed by atoms with Crippen LogP contribution in [-0.2, 0) is 6.42 Å². The fourth-order valence-electron chi connectivity index (χ4n) is 8.14. The maximum absolute atomic E-state index is 5.60. The monoisotopic (exact) mass is 674 g/mol. The molecule has 246 valence electrons. The lowest BCUT2D eigenvalue weighted by molar-refractivity contribution is 0.415. The largest absolute Gasteiger partial charge is 0.497 e. The van der Waals surface area contributed by atoms with Crippen molar-refractivity contribution >= 4 is 47.3 Å². The second-order valence-electron chi connectivity index (χ2n) is 14.3. The topological polar surface area (TPSA) is 18.5 Å². The quantitative estimate of drug-likeness (QED) is 0.132. The van der Waals surface area contributed by atoms with Gasteiger partial charge in [0.05, 0.1) is 14.2 Å². The zero-order valence-corrected chi connectivity index (χ0v) is 32.1. The van der Waals surface area contributed by atoms with Gasteiger partial charge in [0.1, 0.15) is 27.6 Å². The zero-order valence-electron chi connectivity index (χ0n) is 30.1. The average molecular weight is 675 g/mol. The van der Waals surface area contributed by atoms with Crippen LogP contribution in [0.5, 0.6) is 11.5 Å². The maximum atomic E-state index is 5.60. The molecule has 6 aromatic carbocycles. The molecule has 4 heteroatoms. The fraction of sp³-hybridized carbons (Fsp3) is 0.200. The normalized spacial score (nSPS) is 12.4. The molecule has 0 spiro atoms. The van der Waals surface area contributed by atoms with Gasteiger partial charge in [-0.05, 0) is 112 Å². The molecule has 0 unspecified atom stereocenters. The van der Waals surface area contributed by atoms with Gasteiger partial charge in [0.25, 0.3) is 0 Å². The SMILES string of the molecule is COc1ccc([Si](C)(c2ccc(OC)cc2)c2cc(C)cc3c2Cc2c-3cc(C)cc2[Si](C)(c2ccc(C)cc2)c2ccc(C)cc2)cc1. The van der Waals surface area contributed by atoms with Crippen LogP contribution in [0.15, 0.2) is 121 Å². The fourth-order valence-corrected chi connectivity index (χ4v) is 16.1. The third-order valence-corrected chi connectivity index (χ3v) is 20.1. The Kier molecular flexibility index (Phi) is 8.50. The first-order valence-electron chi connectivity index (χ1n) is 17.3. The summed E-state index contributed by atoms with van der Waals surface area (Å²) in [5.41, 5.74) is 11.0. The molecule has 0 aromatic heterocycles. The van der Waals surface area contributed by atoms with Crippen molar-refractivity contribution in [1.82, 2.24) is 0 Å². The van der Waals surface area contributed by atoms with Crippen LogP contribution in [0.25, 0.3) is 11.1 Å². The molecule has 1 aliphatic carbocycles. The second kappa shape index (κ2) is 12.7. The van der Waals surface area contributed by atoms with E-state index in [1.807, 2.05) is 0 Å². The number of benzene rings is 6. The number of ether oxygens (including phenoxy) is 2. The van der Waals surface area contributed by atoms with Gasteiger partial charge in [0, 0.05) is 0 Å². The predicted molar refractivity (Wildman–Crippen MR) is 214 cm³/mol. The van der Waals surface area contributed by atoms with Crippen molar-refractivity contribution in [3.05, 3.63) is 155 Å². The molecule has 0 saturated carbocycles. The van der Waals surface area contributed by atoms with Crippen LogP contribution in [0.2, 0.25) is 13.1 Å². The summed E-state index contributed by atoms with van der Waals surface area (Å²) >= 11 is 0. The molecule has 7 rings (SSSR count). The van der Waals surface area contributed by atoms with Crippen molar-refractivity contribution in [2.24, 2.45) is 0 Å². The number of methoxy groups -OCH3 is 2. The number of fused-ring (bicyclic) bond motifs is 3. The minimum absolute atomic E-state index is 0.883. The van der Waals surface area contributed by atoms with E-state index in [2.05, 4.69) is 162 Å². The summed E-state index contributed by atoms with van der Waals surface area (Å²) in [6, 6.07) is 46.3. The van der Waals surface area contributed by atoms with Crippen LogP contribution in [-0.4, -0.2) is 30.4 Å². The zero-order chi connectivity index (χ0) is 34.5. The number of rotatable bonds is 8. The van der Waals surface area contributed by atoms with Gasteiger partial charge in [-0.2, -0.15) is 0 Å². The van der Waals surface area contributed by atoms with E-state index < -0.39 is 16.1 Å². The summed E-state index contributed by atoms with van der Waals surface area (Å²) in [5, 5.41) is 8.68. The van der Waals surface area contributed by atoms with Crippen LogP contribution in [0.1, 0.15) is 33.4 Å². The molecule has 6 aromatic rings. The molecular formula is C45H46O2Si2. The molecule has 0 bridgehead atoms. The van der Waals surface area contributed by atoms with E-state index in [0.29, 0.717) is 0 Å². The van der Waals surface area contributed by atoms with Crippen molar-refractivity contribution in [3.8, 4) is 22.6 Å². The molecule has 0 N–H and O–H groups in total. The van der Waals surface area contributed by atoms with E-state index >= 15 is 0 Å². The third kappa shape index (κ3) is 5.57. The smallest absolute Gasteiger partial charge is 0.145 e. The Morgan fingerprint density at radius 1 is 0.408 bits per heavy atom. The highest BCUT2D eigenvalue weighted by Gasteiger charge is 2.42. The van der Waals surface area contributed by atoms with Crippen molar-refractivity contribution in [1.29, 1.82) is 0 Å². The van der Waals surface area contributed by atoms with E-state index in [0.717, 1.165) is 17.9 Å². The van der Waals surface area contributed by atoms with Gasteiger partial charge in [0.2, 0.25) is 0 Å². The van der Waals surface area contributed by atoms with Gasteiger partial charge in [-0.3, -0.25) is 0 Å². The summed E-state index contributed by atoms with van der Waals surface area (Å²) in [7, 11) is -1.41. The molecule has 49 heavy (non-hydrogen) atoms. The first-order chi connectivity index (χ1) is 23.6. The van der Waals surface area contributed by atoms with Crippen molar-refractivity contribution in [3.63, 3.8) is 0 Å². The van der Waals surface area contributed by atoms with E-state index in [1.165, 1.54) is 75.6 Å². The first kappa shape index (κ1) is 32.9. The molecule has 0 radical (unpaired) electrons. The van der Waals surface area contributed by atoms with Gasteiger partial charge in [-0.1, -0.05) is 132 Å². The van der Waals surface area contributed by atoms with Gasteiger partial charge in [0.15, 0.2) is 0 Å². The number of hydrogen-bond donors (Lipinski definition) is 0. The Morgan fingerprint density at radius 2 is 0.714 bits per heavy atom. The Bertz CT molecular complexity index is 2050. The standard InChI is InChI=1S/C45H46O2Si2/c1-30-9-17-36(18-10-30)48(7,37-19-11-31(2)12-20-37)44-27-32(3)25-40-41-26-33(4)28-45(43(41)29-42(40)44)49(8,38-21-13-34(46-5)14-22-38)39-23-15-35(47-6)16-24-39/h9-28H,29H2,1-8H3. The van der Waals surface area contributed by atoms with Gasteiger partial charge < -0.3 is 9.47 Å². The third-order valence-electron chi connectivity index (χ3n) is 11.1. The van der Waals surface area contributed by atoms with Crippen LogP contribution in [0.3, 0.4) is 0 Å². The summed E-state index contributed by atoms with van der Waals surface area (Å²) < 4.78 is 11.2. The van der Waals surface area contributed by atoms with Crippen molar-refractivity contribution < 1.29 is 9.47 Å². The molecule has 0 amide bonds. The summed E-state index contributed by atoms with van der Waals surface area (Å²) in [5.74, 6) is 1.77. The molecule has 0 saturated heterocycles. The van der Waals surface area contributed by atoms with Gasteiger partial charge in [-0.15, -0.1) is 0 Å². The molecule has 1 aliphatic rings. The number of aryl methyl sites for hydroxylation is 4. The summed E-state index contributed by atoms with van der Waals surface area (Å²) in [4.78, 5) is 0. The van der Waals surface area contributed by atoms with E-state index in [1.54, 1.807) is 14.2 Å². The Hall–Kier alpha value is -4.65. The van der Waals surface area contributed by atoms with Crippen LogP contribution >= 0.6 is 0 Å².